The normalized spacial score (nSPS) is 29.8. The molecule has 16 aliphatic rings. The van der Waals surface area contributed by atoms with E-state index in [1.54, 1.807) is 24.3 Å². The van der Waals surface area contributed by atoms with Crippen LogP contribution in [0.4, 0.5) is 0 Å². The summed E-state index contributed by atoms with van der Waals surface area (Å²) >= 11 is 0. The minimum atomic E-state index is -0.246. The number of likely N-dealkylation sites (N-methyl/N-ethyl adjacent to an activating group) is 6. The number of esters is 6. The molecule has 2 aromatic carbocycles. The topological polar surface area (TPSA) is 158 Å². The summed E-state index contributed by atoms with van der Waals surface area (Å²) in [4.78, 5) is 74.6. The second-order valence-corrected chi connectivity index (χ2v) is 44.4. The lowest BCUT2D eigenvalue weighted by molar-refractivity contribution is -0.927. The highest BCUT2D eigenvalue weighted by molar-refractivity contribution is 5.89. The number of benzene rings is 2. The first-order valence-corrected chi connectivity index (χ1v) is 50.8. The van der Waals surface area contributed by atoms with Crippen LogP contribution in [0.5, 0.6) is 0 Å². The van der Waals surface area contributed by atoms with Crippen molar-refractivity contribution in [1.82, 2.24) is 0 Å². The first-order chi connectivity index (χ1) is 58.7. The fourth-order valence-electron chi connectivity index (χ4n) is 27.3. The third kappa shape index (κ3) is 28.3. The number of carbonyl (C=O) groups is 6. The monoisotopic (exact) mass is 1720 g/mol. The Labute approximate surface area is 749 Å². The predicted octanol–water partition coefficient (Wildman–Crippen LogP) is 19.5. The molecule has 0 aromatic heterocycles. The lowest BCUT2D eigenvalue weighted by Gasteiger charge is -2.55. The van der Waals surface area contributed by atoms with E-state index in [-0.39, 0.29) is 57.5 Å². The van der Waals surface area contributed by atoms with Crippen LogP contribution in [-0.4, -0.2) is 262 Å². The van der Waals surface area contributed by atoms with Gasteiger partial charge >= 0.3 is 35.8 Å². The van der Waals surface area contributed by atoms with Crippen molar-refractivity contribution in [2.24, 2.45) is 92.7 Å². The third-order valence-electron chi connectivity index (χ3n) is 33.5. The lowest BCUT2D eigenvalue weighted by Crippen LogP contribution is -2.53. The summed E-state index contributed by atoms with van der Waals surface area (Å²) in [5.41, 5.74) is 0.880. The molecule has 16 bridgehead atoms. The van der Waals surface area contributed by atoms with Crippen molar-refractivity contribution in [2.45, 2.75) is 269 Å². The molecule has 0 aliphatic heterocycles. The van der Waals surface area contributed by atoms with Crippen molar-refractivity contribution in [2.75, 3.05) is 200 Å². The molecule has 0 amide bonds. The SMILES string of the molecule is CCCC[N+](CC)(CCC)CCOC(=O)C12CC3CC(CC(C3)C1)C2.CCC[N+](CC)(CCC)CCOC(=O)C12CC3CC(CC(C3)C1)C2.CC[N+](CC)(CC)CCOC(=O)C12CC3CC(CC(C3)C1)C2.CC[N+](CC)(CC)CCOC(=O)c1ccccc1.C[N+](C)(C)CCOC(=O)C12CC3CC(CC(C3)C1)C2.C[N+](C)(C)CCOC(=O)c1ccccc1. The zero-order valence-corrected chi connectivity index (χ0v) is 81.8. The molecule has 16 fully saturated rings. The van der Waals surface area contributed by atoms with Gasteiger partial charge in [-0.05, 0) is 330 Å². The Morgan fingerprint density at radius 3 is 0.650 bits per heavy atom. The Balaban J connectivity index is 0.000000169. The summed E-state index contributed by atoms with van der Waals surface area (Å²) in [6.07, 6.45) is 36.2. The second-order valence-electron chi connectivity index (χ2n) is 44.4. The van der Waals surface area contributed by atoms with Crippen LogP contribution in [0.2, 0.25) is 0 Å². The summed E-state index contributed by atoms with van der Waals surface area (Å²) in [6, 6.07) is 18.2. The molecule has 0 heterocycles. The van der Waals surface area contributed by atoms with E-state index in [1.165, 1.54) is 135 Å². The van der Waals surface area contributed by atoms with Crippen LogP contribution in [0.1, 0.15) is 290 Å². The molecular weight excluding hydrogens is 1540 g/mol. The van der Waals surface area contributed by atoms with Crippen molar-refractivity contribution in [3.8, 4) is 0 Å². The number of hydrogen-bond donors (Lipinski definition) is 0. The standard InChI is InChI=1S/C22H40NO2.C21H38NO2.C19H34NO2.C16H28NO2.C15H24NO2.C12H18NO2/c1-4-7-9-23(6-3,8-5-2)10-11-25-21(24)22-15-18-12-19(16-22)14-20(13-18)17-22;1-4-7-22(6-3,8-5-2)9-10-24-20(23)21-14-17-11-18(15-21)13-19(12-17)16-21;1-4-20(5-2,6-3)7-8-22-18(21)19-12-15-9-16(13-19)11-17(10-15)14-19;1-17(2,3)4-5-19-15(18)16-9-12-6-13(10-16)8-14(7-12)11-16;1-4-16(5-2,6-3)12-13-18-15(17)14-10-8-7-9-11-14;1-13(2,3)9-10-15-12(14)11-7-5-4-6-8-11/h18-20H,4-17H2,1-3H3;17-19H,4-16H2,1-3H3;15-17H,4-14H2,1-3H3;12-14H,4-11H2,1-3H3;7-11H,4-6,12-13H2,1-3H3;4-8H,9-10H2,1-3H3/q6*+1. The first-order valence-electron chi connectivity index (χ1n) is 50.8. The van der Waals surface area contributed by atoms with Crippen LogP contribution in [-0.2, 0) is 47.6 Å². The highest BCUT2D eigenvalue weighted by Crippen LogP contribution is 2.64. The fraction of sp³-hybridized carbons (Fsp3) is 0.829. The first kappa shape index (κ1) is 102. The number of quaternary nitrogens is 6. The van der Waals surface area contributed by atoms with Gasteiger partial charge in [-0.25, -0.2) is 9.59 Å². The molecular formula is C105H182N6O12+6. The van der Waals surface area contributed by atoms with Gasteiger partial charge < -0.3 is 55.3 Å². The minimum Gasteiger partial charge on any atom is -0.459 e. The van der Waals surface area contributed by atoms with Gasteiger partial charge in [-0.2, -0.15) is 0 Å². The van der Waals surface area contributed by atoms with E-state index < -0.39 is 0 Å². The molecule has 0 radical (unpaired) electrons. The Hall–Kier alpha value is -4.98. The number of hydrogen-bond acceptors (Lipinski definition) is 12. The van der Waals surface area contributed by atoms with Crippen molar-refractivity contribution in [3.63, 3.8) is 0 Å². The van der Waals surface area contributed by atoms with E-state index in [4.69, 9.17) is 28.4 Å². The Morgan fingerprint density at radius 2 is 0.447 bits per heavy atom. The van der Waals surface area contributed by atoms with Gasteiger partial charge in [-0.1, -0.05) is 70.5 Å². The van der Waals surface area contributed by atoms with Crippen LogP contribution in [0.3, 0.4) is 0 Å². The van der Waals surface area contributed by atoms with E-state index in [0.29, 0.717) is 50.8 Å². The molecule has 123 heavy (non-hydrogen) atoms. The Morgan fingerprint density at radius 1 is 0.252 bits per heavy atom. The molecule has 0 saturated heterocycles. The summed E-state index contributed by atoms with van der Waals surface area (Å²) in [5, 5.41) is 0. The zero-order valence-electron chi connectivity index (χ0n) is 81.8. The quantitative estimate of drug-likeness (QED) is 0.0353. The van der Waals surface area contributed by atoms with E-state index in [0.717, 1.165) is 267 Å². The van der Waals surface area contributed by atoms with Gasteiger partial charge in [0.2, 0.25) is 0 Å². The largest absolute Gasteiger partial charge is 0.459 e. The van der Waals surface area contributed by atoms with Crippen LogP contribution in [0.25, 0.3) is 0 Å². The van der Waals surface area contributed by atoms with Gasteiger partial charge in [-0.3, -0.25) is 19.2 Å². The van der Waals surface area contributed by atoms with Crippen molar-refractivity contribution >= 4 is 35.8 Å². The molecule has 16 saturated carbocycles. The number of ether oxygens (including phenoxy) is 6. The Kier molecular flexibility index (Phi) is 38.5. The number of unbranched alkanes of at least 4 members (excludes halogenated alkanes) is 1. The van der Waals surface area contributed by atoms with E-state index in [2.05, 4.69) is 125 Å². The maximum atomic E-state index is 13.0. The zero-order chi connectivity index (χ0) is 89.3. The number of carbonyl (C=O) groups excluding carboxylic acids is 6. The average Bonchev–Trinajstić information content (AvgIpc) is 0.755. The molecule has 18 nitrogen and oxygen atoms in total. The molecule has 18 rings (SSSR count). The maximum absolute atomic E-state index is 13.0. The van der Waals surface area contributed by atoms with Gasteiger partial charge in [0.1, 0.15) is 78.9 Å². The molecule has 698 valence electrons. The van der Waals surface area contributed by atoms with Gasteiger partial charge in [0.05, 0.1) is 154 Å². The van der Waals surface area contributed by atoms with Gasteiger partial charge in [0.15, 0.2) is 0 Å². The second kappa shape index (κ2) is 46.5. The Bertz CT molecular complexity index is 3380. The van der Waals surface area contributed by atoms with Crippen LogP contribution >= 0.6 is 0 Å². The van der Waals surface area contributed by atoms with Gasteiger partial charge in [0.25, 0.3) is 0 Å². The third-order valence-corrected chi connectivity index (χ3v) is 33.5. The molecule has 0 spiro atoms. The highest BCUT2D eigenvalue weighted by Gasteiger charge is 2.60. The number of rotatable bonds is 41. The lowest BCUT2D eigenvalue weighted by atomic mass is 9.49. The van der Waals surface area contributed by atoms with E-state index in [1.807, 2.05) is 36.4 Å². The summed E-state index contributed by atoms with van der Waals surface area (Å²) < 4.78 is 39.8. The average molecular weight is 1720 g/mol. The summed E-state index contributed by atoms with van der Waals surface area (Å²) in [6.45, 7) is 49.7. The van der Waals surface area contributed by atoms with Crippen LogP contribution in [0, 0.1) is 92.7 Å². The maximum Gasteiger partial charge on any atom is 0.338 e. The molecule has 2 aromatic rings. The number of nitrogens with zero attached hydrogens (tertiary/aromatic N) is 6. The molecule has 16 aliphatic carbocycles. The van der Waals surface area contributed by atoms with Gasteiger partial charge in [0, 0.05) is 0 Å². The highest BCUT2D eigenvalue weighted by atomic mass is 16.6. The van der Waals surface area contributed by atoms with Crippen molar-refractivity contribution in [1.29, 1.82) is 0 Å². The minimum absolute atomic E-state index is 0.0837. The fourth-order valence-corrected chi connectivity index (χ4v) is 27.3. The van der Waals surface area contributed by atoms with E-state index in [9.17, 15) is 28.8 Å². The predicted molar refractivity (Wildman–Crippen MR) is 496 cm³/mol. The van der Waals surface area contributed by atoms with Crippen molar-refractivity contribution in [3.05, 3.63) is 71.8 Å². The molecule has 1 unspecified atom stereocenters. The van der Waals surface area contributed by atoms with E-state index >= 15 is 0 Å². The summed E-state index contributed by atoms with van der Waals surface area (Å²) in [5.74, 6) is 9.90. The molecule has 18 heteroatoms. The van der Waals surface area contributed by atoms with Crippen molar-refractivity contribution < 1.29 is 84.1 Å². The van der Waals surface area contributed by atoms with Crippen LogP contribution in [0.15, 0.2) is 60.7 Å². The van der Waals surface area contributed by atoms with Gasteiger partial charge in [-0.15, -0.1) is 0 Å². The smallest absolute Gasteiger partial charge is 0.338 e. The molecule has 1 atom stereocenters. The molecule has 0 N–H and O–H groups in total. The van der Waals surface area contributed by atoms with Crippen LogP contribution < -0.4 is 0 Å². The summed E-state index contributed by atoms with van der Waals surface area (Å²) in [7, 11) is 12.6.